The molecular formula is C13H10N2O6. The van der Waals surface area contributed by atoms with Gasteiger partial charge < -0.3 is 14.6 Å². The number of carbonyl (C=O) groups is 1. The molecule has 0 amide bonds. The smallest absolute Gasteiger partial charge is 0.354 e. The maximum absolute atomic E-state index is 10.8. The van der Waals surface area contributed by atoms with E-state index >= 15 is 0 Å². The molecular weight excluding hydrogens is 280 g/mol. The van der Waals surface area contributed by atoms with Crippen molar-refractivity contribution in [2.75, 3.05) is 7.11 Å². The number of aromatic nitrogens is 1. The third-order valence-corrected chi connectivity index (χ3v) is 2.54. The zero-order valence-electron chi connectivity index (χ0n) is 10.8. The molecule has 108 valence electrons. The summed E-state index contributed by atoms with van der Waals surface area (Å²) in [5.74, 6) is -0.561. The first-order chi connectivity index (χ1) is 10.0. The maximum Gasteiger partial charge on any atom is 0.354 e. The third-order valence-electron chi connectivity index (χ3n) is 2.54. The normalized spacial score (nSPS) is 9.95. The van der Waals surface area contributed by atoms with E-state index < -0.39 is 10.9 Å². The van der Waals surface area contributed by atoms with Crippen molar-refractivity contribution in [3.05, 3.63) is 52.3 Å². The number of nitro groups is 1. The summed E-state index contributed by atoms with van der Waals surface area (Å²) in [6.07, 6.45) is 1.29. The van der Waals surface area contributed by atoms with Crippen LogP contribution in [0.2, 0.25) is 0 Å². The van der Waals surface area contributed by atoms with Crippen molar-refractivity contribution in [3.63, 3.8) is 0 Å². The number of rotatable bonds is 5. The van der Waals surface area contributed by atoms with E-state index in [1.807, 2.05) is 0 Å². The second-order valence-corrected chi connectivity index (χ2v) is 3.88. The van der Waals surface area contributed by atoms with Crippen LogP contribution in [0.25, 0.3) is 0 Å². The number of non-ortho nitro benzene ring substituents is 1. The Balaban J connectivity index is 2.33. The number of methoxy groups -OCH3 is 1. The van der Waals surface area contributed by atoms with Crippen molar-refractivity contribution in [3.8, 4) is 17.2 Å². The number of pyridine rings is 1. The number of carboxylic acids is 1. The zero-order chi connectivity index (χ0) is 15.4. The lowest BCUT2D eigenvalue weighted by molar-refractivity contribution is -0.384. The number of hydrogen-bond acceptors (Lipinski definition) is 6. The highest BCUT2D eigenvalue weighted by molar-refractivity contribution is 5.85. The highest BCUT2D eigenvalue weighted by Gasteiger charge is 2.14. The molecule has 0 bridgehead atoms. The van der Waals surface area contributed by atoms with Gasteiger partial charge in [-0.05, 0) is 12.1 Å². The average molecular weight is 290 g/mol. The monoisotopic (exact) mass is 290 g/mol. The zero-order valence-corrected chi connectivity index (χ0v) is 10.8. The van der Waals surface area contributed by atoms with Crippen LogP contribution in [-0.2, 0) is 0 Å². The van der Waals surface area contributed by atoms with E-state index in [-0.39, 0.29) is 28.6 Å². The van der Waals surface area contributed by atoms with Gasteiger partial charge in [0, 0.05) is 18.3 Å². The third kappa shape index (κ3) is 3.24. The summed E-state index contributed by atoms with van der Waals surface area (Å²) in [6.45, 7) is 0. The Morgan fingerprint density at radius 1 is 1.29 bits per heavy atom. The summed E-state index contributed by atoms with van der Waals surface area (Å²) < 4.78 is 10.5. The minimum atomic E-state index is -1.18. The molecule has 0 saturated heterocycles. The molecule has 0 aliphatic carbocycles. The topological polar surface area (TPSA) is 112 Å². The highest BCUT2D eigenvalue weighted by atomic mass is 16.6. The van der Waals surface area contributed by atoms with E-state index in [0.29, 0.717) is 0 Å². The molecule has 1 aromatic carbocycles. The van der Waals surface area contributed by atoms with Crippen LogP contribution in [0.4, 0.5) is 5.69 Å². The first-order valence-corrected chi connectivity index (χ1v) is 5.71. The van der Waals surface area contributed by atoms with Crippen LogP contribution >= 0.6 is 0 Å². The van der Waals surface area contributed by atoms with Crippen molar-refractivity contribution >= 4 is 11.7 Å². The predicted octanol–water partition coefficient (Wildman–Crippen LogP) is 2.49. The van der Waals surface area contributed by atoms with Gasteiger partial charge >= 0.3 is 5.97 Å². The quantitative estimate of drug-likeness (QED) is 0.664. The van der Waals surface area contributed by atoms with E-state index in [4.69, 9.17) is 14.6 Å². The summed E-state index contributed by atoms with van der Waals surface area (Å²) in [6, 6.07) is 6.56. The number of hydrogen-bond donors (Lipinski definition) is 1. The number of benzene rings is 1. The largest absolute Gasteiger partial charge is 0.493 e. The standard InChI is InChI=1S/C13H10N2O6/c1-20-12-6-8(15(18)19)2-3-11(12)21-9-4-5-14-10(7-9)13(16)17/h2-7H,1H3,(H,16,17). The summed E-state index contributed by atoms with van der Waals surface area (Å²) in [5.41, 5.74) is -0.312. The number of nitro benzene ring substituents is 1. The van der Waals surface area contributed by atoms with Crippen molar-refractivity contribution in [2.24, 2.45) is 0 Å². The van der Waals surface area contributed by atoms with Crippen molar-refractivity contribution in [1.82, 2.24) is 4.98 Å². The van der Waals surface area contributed by atoms with E-state index in [1.165, 1.54) is 43.6 Å². The lowest BCUT2D eigenvalue weighted by Gasteiger charge is -2.10. The van der Waals surface area contributed by atoms with Gasteiger partial charge in [-0.15, -0.1) is 0 Å². The molecule has 0 spiro atoms. The lowest BCUT2D eigenvalue weighted by Crippen LogP contribution is -2.00. The van der Waals surface area contributed by atoms with Crippen molar-refractivity contribution < 1.29 is 24.3 Å². The van der Waals surface area contributed by atoms with Gasteiger partial charge in [0.05, 0.1) is 18.1 Å². The van der Waals surface area contributed by atoms with Gasteiger partial charge in [-0.1, -0.05) is 0 Å². The molecule has 8 heteroatoms. The van der Waals surface area contributed by atoms with Crippen LogP contribution in [0, 0.1) is 10.1 Å². The summed E-state index contributed by atoms with van der Waals surface area (Å²) >= 11 is 0. The number of aromatic carboxylic acids is 1. The van der Waals surface area contributed by atoms with E-state index in [9.17, 15) is 14.9 Å². The van der Waals surface area contributed by atoms with Crippen LogP contribution in [0.15, 0.2) is 36.5 Å². The van der Waals surface area contributed by atoms with Gasteiger partial charge in [-0.2, -0.15) is 0 Å². The van der Waals surface area contributed by atoms with Crippen LogP contribution in [0.3, 0.4) is 0 Å². The lowest BCUT2D eigenvalue weighted by atomic mass is 10.2. The van der Waals surface area contributed by atoms with Crippen molar-refractivity contribution in [1.29, 1.82) is 0 Å². The average Bonchev–Trinajstić information content (AvgIpc) is 2.47. The Bertz CT molecular complexity index is 701. The molecule has 0 unspecified atom stereocenters. The molecule has 8 nitrogen and oxygen atoms in total. The first-order valence-electron chi connectivity index (χ1n) is 5.71. The number of ether oxygens (including phenoxy) is 2. The fourth-order valence-corrected chi connectivity index (χ4v) is 1.57. The Hall–Kier alpha value is -3.16. The van der Waals surface area contributed by atoms with Gasteiger partial charge in [0.15, 0.2) is 17.2 Å². The summed E-state index contributed by atoms with van der Waals surface area (Å²) in [4.78, 5) is 24.6. The summed E-state index contributed by atoms with van der Waals surface area (Å²) in [5, 5.41) is 19.5. The van der Waals surface area contributed by atoms with Crippen LogP contribution in [0.1, 0.15) is 10.5 Å². The second kappa shape index (κ2) is 5.87. The molecule has 1 N–H and O–H groups in total. The van der Waals surface area contributed by atoms with E-state index in [2.05, 4.69) is 4.98 Å². The Labute approximate surface area is 118 Å². The molecule has 1 heterocycles. The summed E-state index contributed by atoms with van der Waals surface area (Å²) in [7, 11) is 1.35. The SMILES string of the molecule is COc1cc([N+](=O)[O-])ccc1Oc1ccnc(C(=O)O)c1. The van der Waals surface area contributed by atoms with Crippen LogP contribution < -0.4 is 9.47 Å². The Kier molecular flexibility index (Phi) is 3.98. The molecule has 0 fully saturated rings. The molecule has 0 saturated carbocycles. The highest BCUT2D eigenvalue weighted by Crippen LogP contribution is 2.34. The molecule has 2 aromatic rings. The fraction of sp³-hybridized carbons (Fsp3) is 0.0769. The first kappa shape index (κ1) is 14.3. The molecule has 0 aliphatic heterocycles. The van der Waals surface area contributed by atoms with Gasteiger partial charge in [-0.25, -0.2) is 9.78 Å². The van der Waals surface area contributed by atoms with Gasteiger partial charge in [0.25, 0.3) is 5.69 Å². The van der Waals surface area contributed by atoms with E-state index in [0.717, 1.165) is 0 Å². The molecule has 21 heavy (non-hydrogen) atoms. The Morgan fingerprint density at radius 2 is 2.05 bits per heavy atom. The molecule has 2 rings (SSSR count). The van der Waals surface area contributed by atoms with E-state index in [1.54, 1.807) is 0 Å². The second-order valence-electron chi connectivity index (χ2n) is 3.88. The maximum atomic E-state index is 10.8. The van der Waals surface area contributed by atoms with Gasteiger partial charge in [0.2, 0.25) is 0 Å². The number of carboxylic acid groups (broad SMARTS) is 1. The molecule has 0 radical (unpaired) electrons. The van der Waals surface area contributed by atoms with Crippen LogP contribution in [-0.4, -0.2) is 28.1 Å². The predicted molar refractivity (Wildman–Crippen MR) is 70.9 cm³/mol. The molecule has 0 aliphatic rings. The number of nitrogens with zero attached hydrogens (tertiary/aromatic N) is 2. The van der Waals surface area contributed by atoms with Crippen molar-refractivity contribution in [2.45, 2.75) is 0 Å². The van der Waals surface area contributed by atoms with Crippen LogP contribution in [0.5, 0.6) is 17.2 Å². The minimum absolute atomic E-state index is 0.139. The Morgan fingerprint density at radius 3 is 2.67 bits per heavy atom. The molecule has 1 aromatic heterocycles. The van der Waals surface area contributed by atoms with Gasteiger partial charge in [0.1, 0.15) is 5.75 Å². The fourth-order valence-electron chi connectivity index (χ4n) is 1.57. The van der Waals surface area contributed by atoms with Gasteiger partial charge in [-0.3, -0.25) is 10.1 Å². The molecule has 0 atom stereocenters. The minimum Gasteiger partial charge on any atom is -0.493 e.